The monoisotopic (exact) mass is 619 g/mol. The number of methoxy groups -OCH3 is 1. The van der Waals surface area contributed by atoms with E-state index >= 15 is 0 Å². The van der Waals surface area contributed by atoms with Gasteiger partial charge in [-0.1, -0.05) is 36.4 Å². The quantitative estimate of drug-likeness (QED) is 0.142. The number of amides is 1. The number of likely N-dealkylation sites (N-methyl/N-ethyl adjacent to an activating group) is 1. The van der Waals surface area contributed by atoms with Crippen LogP contribution in [0.2, 0.25) is 0 Å². The number of nitrogens with zero attached hydrogens (tertiary/aromatic N) is 5. The summed E-state index contributed by atoms with van der Waals surface area (Å²) in [5, 5.41) is 18.1. The second-order valence-corrected chi connectivity index (χ2v) is 11.0. The maximum absolute atomic E-state index is 12.6. The number of anilines is 6. The molecule has 0 saturated carbocycles. The van der Waals surface area contributed by atoms with Gasteiger partial charge in [0, 0.05) is 48.3 Å². The summed E-state index contributed by atoms with van der Waals surface area (Å²) in [4.78, 5) is 26.6. The van der Waals surface area contributed by atoms with E-state index in [1.54, 1.807) is 7.11 Å². The number of benzene rings is 3. The Morgan fingerprint density at radius 3 is 2.57 bits per heavy atom. The third-order valence-electron chi connectivity index (χ3n) is 7.39. The topological polar surface area (TPSA) is 133 Å². The second-order valence-electron chi connectivity index (χ2n) is 11.0. The Balaban J connectivity index is 1.37. The van der Waals surface area contributed by atoms with Crippen molar-refractivity contribution in [1.82, 2.24) is 25.1 Å². The lowest BCUT2D eigenvalue weighted by Gasteiger charge is -2.30. The highest BCUT2D eigenvalue weighted by atomic mass is 16.5. The lowest BCUT2D eigenvalue weighted by atomic mass is 10.1. The molecule has 6 rings (SSSR count). The zero-order valence-electron chi connectivity index (χ0n) is 26.1. The van der Waals surface area contributed by atoms with Crippen LogP contribution < -0.4 is 25.6 Å². The van der Waals surface area contributed by atoms with Gasteiger partial charge in [0.2, 0.25) is 11.9 Å². The molecule has 3 aromatic carbocycles. The zero-order valence-corrected chi connectivity index (χ0v) is 26.1. The first kappa shape index (κ1) is 30.6. The number of aromatic nitrogens is 4. The van der Waals surface area contributed by atoms with Crippen LogP contribution in [-0.4, -0.2) is 85.0 Å². The van der Waals surface area contributed by atoms with E-state index in [0.717, 1.165) is 41.5 Å². The van der Waals surface area contributed by atoms with E-state index in [4.69, 9.17) is 19.4 Å². The Hall–Kier alpha value is -5.46. The zero-order chi connectivity index (χ0) is 31.9. The van der Waals surface area contributed by atoms with Crippen molar-refractivity contribution in [3.8, 4) is 17.0 Å². The van der Waals surface area contributed by atoms with E-state index < -0.39 is 0 Å². The first-order valence-corrected chi connectivity index (χ1v) is 15.1. The number of H-pyrrole nitrogens is 1. The molecule has 0 spiro atoms. The summed E-state index contributed by atoms with van der Waals surface area (Å²) in [5.74, 6) is 1.55. The number of morpholine rings is 1. The molecule has 1 fully saturated rings. The summed E-state index contributed by atoms with van der Waals surface area (Å²) in [6.45, 7) is 3.54. The molecule has 3 heterocycles. The van der Waals surface area contributed by atoms with Crippen molar-refractivity contribution in [2.75, 3.05) is 74.9 Å². The van der Waals surface area contributed by atoms with E-state index in [1.807, 2.05) is 97.9 Å². The fraction of sp³-hybridized carbons (Fsp3) is 0.235. The van der Waals surface area contributed by atoms with Crippen LogP contribution in [0, 0.1) is 0 Å². The van der Waals surface area contributed by atoms with E-state index in [1.165, 1.54) is 6.08 Å². The highest BCUT2D eigenvalue weighted by Gasteiger charge is 2.20. The van der Waals surface area contributed by atoms with Crippen LogP contribution in [0.4, 0.5) is 34.5 Å². The number of rotatable bonds is 11. The van der Waals surface area contributed by atoms with Gasteiger partial charge in [-0.05, 0) is 56.6 Å². The minimum atomic E-state index is -0.209. The van der Waals surface area contributed by atoms with Gasteiger partial charge in [0.25, 0.3) is 0 Å². The predicted molar refractivity (Wildman–Crippen MR) is 182 cm³/mol. The first-order valence-electron chi connectivity index (χ1n) is 15.1. The fourth-order valence-electron chi connectivity index (χ4n) is 5.19. The molecule has 1 amide bonds. The summed E-state index contributed by atoms with van der Waals surface area (Å²) in [7, 11) is 5.57. The molecule has 12 heteroatoms. The number of fused-ring (bicyclic) bond motifs is 1. The highest BCUT2D eigenvalue weighted by Crippen LogP contribution is 2.36. The first-order chi connectivity index (χ1) is 22.5. The molecule has 0 atom stereocenters. The second kappa shape index (κ2) is 14.1. The fourth-order valence-corrected chi connectivity index (χ4v) is 5.19. The standard InChI is InChI=1S/C34H37N9O3/c1-42(2)16-8-13-29(44)35-25-12-7-9-23(21-25)31-30-32(36-24-10-5-4-6-11-24)40-41-33(30)39-34(38-31)37-26-14-15-28(45-3)27(22-26)43-17-19-46-20-18-43/h4-15,21-22H,16-20H2,1-3H3,(H,35,44)(H3,36,37,38,39,40,41)/b13-8+. The molecule has 0 bridgehead atoms. The minimum absolute atomic E-state index is 0.209. The van der Waals surface area contributed by atoms with E-state index in [0.29, 0.717) is 53.9 Å². The van der Waals surface area contributed by atoms with Gasteiger partial charge in [-0.25, -0.2) is 4.98 Å². The normalized spacial score (nSPS) is 13.3. The van der Waals surface area contributed by atoms with Crippen molar-refractivity contribution in [3.05, 3.63) is 84.9 Å². The predicted octanol–water partition coefficient (Wildman–Crippen LogP) is 5.41. The van der Waals surface area contributed by atoms with Gasteiger partial charge < -0.3 is 35.2 Å². The molecule has 0 aliphatic carbocycles. The Kier molecular flexibility index (Phi) is 9.37. The summed E-state index contributed by atoms with van der Waals surface area (Å²) >= 11 is 0. The Bertz CT molecular complexity index is 1830. The number of hydrogen-bond donors (Lipinski definition) is 4. The molecular formula is C34H37N9O3. The number of para-hydroxylation sites is 1. The van der Waals surface area contributed by atoms with Crippen LogP contribution in [0.1, 0.15) is 0 Å². The third-order valence-corrected chi connectivity index (χ3v) is 7.39. The third kappa shape index (κ3) is 7.25. The van der Waals surface area contributed by atoms with Crippen LogP contribution in [0.3, 0.4) is 0 Å². The lowest BCUT2D eigenvalue weighted by molar-refractivity contribution is -0.111. The van der Waals surface area contributed by atoms with Gasteiger partial charge in [0.15, 0.2) is 11.5 Å². The van der Waals surface area contributed by atoms with E-state index in [9.17, 15) is 4.79 Å². The Morgan fingerprint density at radius 1 is 0.978 bits per heavy atom. The maximum atomic E-state index is 12.6. The minimum Gasteiger partial charge on any atom is -0.495 e. The average molecular weight is 620 g/mol. The molecule has 1 saturated heterocycles. The molecule has 2 aromatic heterocycles. The largest absolute Gasteiger partial charge is 0.495 e. The Morgan fingerprint density at radius 2 is 1.78 bits per heavy atom. The molecule has 0 radical (unpaired) electrons. The van der Waals surface area contributed by atoms with Gasteiger partial charge >= 0.3 is 0 Å². The van der Waals surface area contributed by atoms with Crippen LogP contribution in [0.15, 0.2) is 84.9 Å². The molecule has 12 nitrogen and oxygen atoms in total. The summed E-state index contributed by atoms with van der Waals surface area (Å²) in [5.41, 5.74) is 5.27. The van der Waals surface area contributed by atoms with Crippen molar-refractivity contribution in [2.45, 2.75) is 0 Å². The van der Waals surface area contributed by atoms with Crippen LogP contribution >= 0.6 is 0 Å². The number of carbonyl (C=O) groups excluding carboxylic acids is 1. The highest BCUT2D eigenvalue weighted by molar-refractivity contribution is 6.02. The number of ether oxygens (including phenoxy) is 2. The molecular weight excluding hydrogens is 582 g/mol. The van der Waals surface area contributed by atoms with E-state index in [2.05, 4.69) is 31.0 Å². The van der Waals surface area contributed by atoms with Crippen molar-refractivity contribution in [3.63, 3.8) is 0 Å². The molecule has 46 heavy (non-hydrogen) atoms. The van der Waals surface area contributed by atoms with Gasteiger partial charge in [0.05, 0.1) is 37.1 Å². The number of nitrogens with one attached hydrogen (secondary N) is 4. The number of aromatic amines is 1. The summed E-state index contributed by atoms with van der Waals surface area (Å²) in [6.07, 6.45) is 3.36. The molecule has 0 unspecified atom stereocenters. The Labute approximate surface area is 267 Å². The van der Waals surface area contributed by atoms with Gasteiger partial charge in [-0.15, -0.1) is 0 Å². The average Bonchev–Trinajstić information content (AvgIpc) is 3.47. The van der Waals surface area contributed by atoms with Gasteiger partial charge in [0.1, 0.15) is 5.75 Å². The SMILES string of the molecule is COc1ccc(Nc2nc(-c3cccc(NC(=O)/C=C/CN(C)C)c3)c3c(Nc4ccccc4)n[nH]c3n2)cc1N1CCOCC1. The van der Waals surface area contributed by atoms with Crippen molar-refractivity contribution >= 4 is 51.5 Å². The molecule has 5 aromatic rings. The summed E-state index contributed by atoms with van der Waals surface area (Å²) < 4.78 is 11.2. The van der Waals surface area contributed by atoms with Crippen LogP contribution in [-0.2, 0) is 9.53 Å². The lowest BCUT2D eigenvalue weighted by Crippen LogP contribution is -2.36. The molecule has 4 N–H and O–H groups in total. The van der Waals surface area contributed by atoms with Gasteiger partial charge in [-0.2, -0.15) is 10.1 Å². The maximum Gasteiger partial charge on any atom is 0.248 e. The van der Waals surface area contributed by atoms with Gasteiger partial charge in [-0.3, -0.25) is 9.89 Å². The van der Waals surface area contributed by atoms with Crippen molar-refractivity contribution in [1.29, 1.82) is 0 Å². The summed E-state index contributed by atoms with van der Waals surface area (Å²) in [6, 6.07) is 23.3. The smallest absolute Gasteiger partial charge is 0.248 e. The van der Waals surface area contributed by atoms with Crippen LogP contribution in [0.5, 0.6) is 5.75 Å². The number of hydrogen-bond acceptors (Lipinski definition) is 10. The molecule has 1 aliphatic rings. The van der Waals surface area contributed by atoms with Crippen molar-refractivity contribution < 1.29 is 14.3 Å². The van der Waals surface area contributed by atoms with Crippen LogP contribution in [0.25, 0.3) is 22.3 Å². The number of carbonyl (C=O) groups is 1. The van der Waals surface area contributed by atoms with E-state index in [-0.39, 0.29) is 5.91 Å². The van der Waals surface area contributed by atoms with Crippen molar-refractivity contribution in [2.24, 2.45) is 0 Å². The molecule has 236 valence electrons. The molecule has 1 aliphatic heterocycles.